The molecule has 2 aromatic heterocycles. The van der Waals surface area contributed by atoms with Gasteiger partial charge in [-0.2, -0.15) is 9.89 Å². The van der Waals surface area contributed by atoms with E-state index in [1.54, 1.807) is 12.4 Å². The average Bonchev–Trinajstić information content (AvgIpc) is 2.47. The number of nitrogens with zero attached hydrogens (tertiary/aromatic N) is 3. The lowest BCUT2D eigenvalue weighted by atomic mass is 10.1. The van der Waals surface area contributed by atoms with E-state index < -0.39 is 0 Å². The molecule has 0 unspecified atom stereocenters. The lowest BCUT2D eigenvalue weighted by molar-refractivity contribution is 0.802. The van der Waals surface area contributed by atoms with Crippen LogP contribution in [0.4, 0.5) is 0 Å². The van der Waals surface area contributed by atoms with E-state index in [0.717, 1.165) is 22.5 Å². The standard InChI is InChI=1S/C10H12N4/c1-7-8(2)14(11)13-10(7)9-4-3-5-12-6-9/h3-6H,11H2,1-2H3. The maximum atomic E-state index is 5.66. The largest absolute Gasteiger partial charge is 0.323 e. The average molecular weight is 188 g/mol. The fraction of sp³-hybridized carbons (Fsp3) is 0.200. The van der Waals surface area contributed by atoms with Gasteiger partial charge in [0.05, 0.1) is 11.4 Å². The molecule has 0 aromatic carbocycles. The van der Waals surface area contributed by atoms with Crippen LogP contribution in [-0.2, 0) is 0 Å². The molecule has 0 aliphatic carbocycles. The lowest BCUT2D eigenvalue weighted by Crippen LogP contribution is -2.11. The van der Waals surface area contributed by atoms with Crippen LogP contribution in [0.1, 0.15) is 11.3 Å². The minimum absolute atomic E-state index is 0.901. The molecule has 2 heterocycles. The molecule has 2 aromatic rings. The van der Waals surface area contributed by atoms with Crippen LogP contribution in [0.5, 0.6) is 0 Å². The fourth-order valence-electron chi connectivity index (χ4n) is 1.38. The van der Waals surface area contributed by atoms with Crippen LogP contribution in [0, 0.1) is 13.8 Å². The van der Waals surface area contributed by atoms with Crippen LogP contribution < -0.4 is 5.84 Å². The second kappa shape index (κ2) is 3.14. The summed E-state index contributed by atoms with van der Waals surface area (Å²) in [7, 11) is 0. The van der Waals surface area contributed by atoms with Crippen molar-refractivity contribution in [3.8, 4) is 11.3 Å². The van der Waals surface area contributed by atoms with Crippen molar-refractivity contribution in [2.24, 2.45) is 0 Å². The molecule has 0 fully saturated rings. The number of hydrogen-bond donors (Lipinski definition) is 1. The van der Waals surface area contributed by atoms with Crippen LogP contribution in [0.3, 0.4) is 0 Å². The van der Waals surface area contributed by atoms with Crippen LogP contribution in [0.2, 0.25) is 0 Å². The predicted molar refractivity (Wildman–Crippen MR) is 55.1 cm³/mol. The number of aromatic nitrogens is 3. The van der Waals surface area contributed by atoms with Crippen molar-refractivity contribution in [2.45, 2.75) is 13.8 Å². The normalized spacial score (nSPS) is 10.4. The highest BCUT2D eigenvalue weighted by Gasteiger charge is 2.10. The van der Waals surface area contributed by atoms with Gasteiger partial charge in [-0.1, -0.05) is 0 Å². The number of rotatable bonds is 1. The minimum Gasteiger partial charge on any atom is -0.323 e. The first-order chi connectivity index (χ1) is 6.70. The molecule has 0 aliphatic heterocycles. The quantitative estimate of drug-likeness (QED) is 0.686. The van der Waals surface area contributed by atoms with Gasteiger partial charge in [-0.25, -0.2) is 0 Å². The van der Waals surface area contributed by atoms with E-state index in [1.165, 1.54) is 4.79 Å². The monoisotopic (exact) mass is 188 g/mol. The molecule has 0 bridgehead atoms. The molecule has 0 amide bonds. The molecule has 0 spiro atoms. The fourth-order valence-corrected chi connectivity index (χ4v) is 1.38. The summed E-state index contributed by atoms with van der Waals surface area (Å²) in [4.78, 5) is 5.45. The molecule has 72 valence electrons. The van der Waals surface area contributed by atoms with Gasteiger partial charge < -0.3 is 5.84 Å². The Morgan fingerprint density at radius 2 is 2.14 bits per heavy atom. The van der Waals surface area contributed by atoms with Crippen molar-refractivity contribution in [2.75, 3.05) is 5.84 Å². The van der Waals surface area contributed by atoms with Crippen LogP contribution in [-0.4, -0.2) is 14.9 Å². The van der Waals surface area contributed by atoms with Crippen molar-refractivity contribution >= 4 is 0 Å². The van der Waals surface area contributed by atoms with Gasteiger partial charge >= 0.3 is 0 Å². The molecule has 0 aliphatic rings. The van der Waals surface area contributed by atoms with E-state index in [2.05, 4.69) is 10.1 Å². The van der Waals surface area contributed by atoms with Gasteiger partial charge in [-0.3, -0.25) is 4.98 Å². The first-order valence-electron chi connectivity index (χ1n) is 4.42. The Balaban J connectivity index is 2.58. The molecule has 0 atom stereocenters. The molecule has 2 N–H and O–H groups in total. The third-order valence-electron chi connectivity index (χ3n) is 2.38. The topological polar surface area (TPSA) is 56.7 Å². The maximum Gasteiger partial charge on any atom is 0.0991 e. The lowest BCUT2D eigenvalue weighted by Gasteiger charge is -1.95. The summed E-state index contributed by atoms with van der Waals surface area (Å²) in [5.41, 5.74) is 3.97. The van der Waals surface area contributed by atoms with Crippen molar-refractivity contribution in [1.82, 2.24) is 14.9 Å². The summed E-state index contributed by atoms with van der Waals surface area (Å²) in [6.07, 6.45) is 3.53. The summed E-state index contributed by atoms with van der Waals surface area (Å²) in [6, 6.07) is 3.86. The summed E-state index contributed by atoms with van der Waals surface area (Å²) in [6.45, 7) is 3.95. The van der Waals surface area contributed by atoms with Crippen molar-refractivity contribution < 1.29 is 0 Å². The molecule has 2 rings (SSSR count). The van der Waals surface area contributed by atoms with Gasteiger partial charge in [0, 0.05) is 23.5 Å². The van der Waals surface area contributed by atoms with E-state index in [4.69, 9.17) is 5.84 Å². The smallest absolute Gasteiger partial charge is 0.0991 e. The Hall–Kier alpha value is -1.84. The summed E-state index contributed by atoms with van der Waals surface area (Å²) in [5, 5.41) is 4.23. The maximum absolute atomic E-state index is 5.66. The molecule has 0 saturated heterocycles. The third-order valence-corrected chi connectivity index (χ3v) is 2.38. The van der Waals surface area contributed by atoms with E-state index in [1.807, 2.05) is 26.0 Å². The molecule has 4 nitrogen and oxygen atoms in total. The highest BCUT2D eigenvalue weighted by Crippen LogP contribution is 2.21. The van der Waals surface area contributed by atoms with Crippen LogP contribution in [0.25, 0.3) is 11.3 Å². The molecule has 4 heteroatoms. The zero-order valence-electron chi connectivity index (χ0n) is 8.23. The Labute approximate surface area is 82.4 Å². The van der Waals surface area contributed by atoms with E-state index in [9.17, 15) is 0 Å². The first kappa shape index (κ1) is 8.74. The van der Waals surface area contributed by atoms with Crippen LogP contribution in [0.15, 0.2) is 24.5 Å². The Bertz CT molecular complexity index is 445. The van der Waals surface area contributed by atoms with Gasteiger partial charge in [0.15, 0.2) is 0 Å². The zero-order valence-corrected chi connectivity index (χ0v) is 8.23. The Morgan fingerprint density at radius 3 is 2.64 bits per heavy atom. The molecule has 0 radical (unpaired) electrons. The van der Waals surface area contributed by atoms with Crippen molar-refractivity contribution in [3.05, 3.63) is 35.8 Å². The second-order valence-electron chi connectivity index (χ2n) is 3.25. The summed E-state index contributed by atoms with van der Waals surface area (Å²) >= 11 is 0. The number of hydrogen-bond acceptors (Lipinski definition) is 3. The van der Waals surface area contributed by atoms with Gasteiger partial charge in [-0.15, -0.1) is 0 Å². The summed E-state index contributed by atoms with van der Waals surface area (Å²) in [5.74, 6) is 5.66. The molecule has 0 saturated carbocycles. The number of nitrogen functional groups attached to an aromatic ring is 1. The highest BCUT2D eigenvalue weighted by atomic mass is 15.5. The molecular weight excluding hydrogens is 176 g/mol. The number of pyridine rings is 1. The van der Waals surface area contributed by atoms with Crippen molar-refractivity contribution in [3.63, 3.8) is 0 Å². The SMILES string of the molecule is Cc1c(-c2cccnc2)nn(N)c1C. The number of nitrogens with two attached hydrogens (primary N) is 1. The summed E-state index contributed by atoms with van der Waals surface area (Å²) < 4.78 is 0. The molecule has 14 heavy (non-hydrogen) atoms. The van der Waals surface area contributed by atoms with Gasteiger partial charge in [0.1, 0.15) is 0 Å². The van der Waals surface area contributed by atoms with E-state index >= 15 is 0 Å². The Kier molecular flexibility index (Phi) is 1.96. The van der Waals surface area contributed by atoms with E-state index in [0.29, 0.717) is 0 Å². The third kappa shape index (κ3) is 1.25. The molecular formula is C10H12N4. The second-order valence-corrected chi connectivity index (χ2v) is 3.25. The highest BCUT2D eigenvalue weighted by molar-refractivity contribution is 5.62. The van der Waals surface area contributed by atoms with Gasteiger partial charge in [0.2, 0.25) is 0 Å². The van der Waals surface area contributed by atoms with Gasteiger partial charge in [0.25, 0.3) is 0 Å². The first-order valence-corrected chi connectivity index (χ1v) is 4.42. The van der Waals surface area contributed by atoms with Gasteiger partial charge in [-0.05, 0) is 26.0 Å². The minimum atomic E-state index is 0.901. The van der Waals surface area contributed by atoms with E-state index in [-0.39, 0.29) is 0 Å². The van der Waals surface area contributed by atoms with Crippen LogP contribution >= 0.6 is 0 Å². The van der Waals surface area contributed by atoms with Crippen molar-refractivity contribution in [1.29, 1.82) is 0 Å². The Morgan fingerprint density at radius 1 is 1.36 bits per heavy atom. The zero-order chi connectivity index (χ0) is 10.1. The predicted octanol–water partition coefficient (Wildman–Crippen LogP) is 1.28.